The van der Waals surface area contributed by atoms with E-state index in [0.717, 1.165) is 0 Å². The van der Waals surface area contributed by atoms with Crippen molar-refractivity contribution in [3.05, 3.63) is 60.7 Å². The Bertz CT molecular complexity index is 313. The molecule has 1 unspecified atom stereocenters. The van der Waals surface area contributed by atoms with Gasteiger partial charge in [0.1, 0.15) is 0 Å². The summed E-state index contributed by atoms with van der Waals surface area (Å²) in [6.07, 6.45) is 0. The molecule has 0 saturated carbocycles. The van der Waals surface area contributed by atoms with Crippen LogP contribution in [0.1, 0.15) is 1.43 Å². The summed E-state index contributed by atoms with van der Waals surface area (Å²) in [6, 6.07) is 20.8. The maximum atomic E-state index is 2.12. The van der Waals surface area contributed by atoms with Crippen molar-refractivity contribution in [1.82, 2.24) is 0 Å². The zero-order chi connectivity index (χ0) is 8.23. The minimum absolute atomic E-state index is 0. The van der Waals surface area contributed by atoms with Gasteiger partial charge in [0.2, 0.25) is 0 Å². The first-order valence-corrected chi connectivity index (χ1v) is 4.07. The summed E-state index contributed by atoms with van der Waals surface area (Å²) in [5.74, 6) is 0. The molecule has 0 nitrogen and oxygen atoms in total. The summed E-state index contributed by atoms with van der Waals surface area (Å²) in [4.78, 5) is 0. The van der Waals surface area contributed by atoms with Gasteiger partial charge < -0.3 is 1.43 Å². The second kappa shape index (κ2) is 6.85. The first kappa shape index (κ1) is 13.5. The summed E-state index contributed by atoms with van der Waals surface area (Å²) in [6.45, 7) is 0. The maximum Gasteiger partial charge on any atom is 1.00 e. The fourth-order valence-electron chi connectivity index (χ4n) is 1.26. The number of rotatable bonds is 1. The van der Waals surface area contributed by atoms with Crippen molar-refractivity contribution in [3.63, 3.8) is 0 Å². The van der Waals surface area contributed by atoms with E-state index in [4.69, 9.17) is 0 Å². The molecule has 2 rings (SSSR count). The van der Waals surface area contributed by atoms with Crippen LogP contribution in [0.15, 0.2) is 60.7 Å². The molecular formula is C12H14LiP. The molecule has 0 aliphatic rings. The largest absolute Gasteiger partial charge is 1.00 e. The molecule has 68 valence electrons. The van der Waals surface area contributed by atoms with Gasteiger partial charge in [-0.3, -0.25) is 0 Å². The van der Waals surface area contributed by atoms with Crippen LogP contribution in [0.4, 0.5) is 0 Å². The molecule has 2 aromatic rings. The summed E-state index contributed by atoms with van der Waals surface area (Å²) < 4.78 is 0. The van der Waals surface area contributed by atoms with Gasteiger partial charge in [-0.25, -0.2) is 0 Å². The summed E-state index contributed by atoms with van der Waals surface area (Å²) in [5, 5.41) is 0. The van der Waals surface area contributed by atoms with E-state index in [1.165, 1.54) is 11.1 Å². The van der Waals surface area contributed by atoms with E-state index in [2.05, 4.69) is 48.5 Å². The van der Waals surface area contributed by atoms with Crippen LogP contribution in [0.5, 0.6) is 0 Å². The van der Waals surface area contributed by atoms with Crippen LogP contribution >= 0.6 is 9.90 Å². The Kier molecular flexibility index (Phi) is 6.59. The van der Waals surface area contributed by atoms with Gasteiger partial charge in [-0.1, -0.05) is 60.7 Å². The van der Waals surface area contributed by atoms with E-state index in [1.54, 1.807) is 0 Å². The van der Waals surface area contributed by atoms with Gasteiger partial charge in [-0.15, -0.1) is 0 Å². The molecule has 0 bridgehead atoms. The zero-order valence-electron chi connectivity index (χ0n) is 9.48. The van der Waals surface area contributed by atoms with Crippen molar-refractivity contribution in [2.24, 2.45) is 0 Å². The molecule has 1 atom stereocenters. The Morgan fingerprint density at radius 1 is 0.571 bits per heavy atom. The van der Waals surface area contributed by atoms with Crippen LogP contribution in [0, 0.1) is 0 Å². The van der Waals surface area contributed by atoms with Gasteiger partial charge in [0.25, 0.3) is 0 Å². The second-order valence-electron chi connectivity index (χ2n) is 2.73. The van der Waals surface area contributed by atoms with Crippen LogP contribution in [-0.2, 0) is 0 Å². The average molecular weight is 196 g/mol. The molecule has 0 aliphatic carbocycles. The molecule has 0 fully saturated rings. The van der Waals surface area contributed by atoms with E-state index < -0.39 is 0 Å². The topological polar surface area (TPSA) is 0 Å². The first-order valence-electron chi connectivity index (χ1n) is 4.07. The fraction of sp³-hybridized carbons (Fsp3) is 0. The molecule has 0 radical (unpaired) electrons. The minimum atomic E-state index is 0. The van der Waals surface area contributed by atoms with Crippen LogP contribution in [0.25, 0.3) is 11.1 Å². The second-order valence-corrected chi connectivity index (χ2v) is 2.73. The van der Waals surface area contributed by atoms with E-state index in [1.807, 2.05) is 12.1 Å². The van der Waals surface area contributed by atoms with E-state index >= 15 is 0 Å². The van der Waals surface area contributed by atoms with E-state index in [9.17, 15) is 0 Å². The molecule has 2 heteroatoms. The van der Waals surface area contributed by atoms with Gasteiger partial charge in [-0.05, 0) is 11.1 Å². The van der Waals surface area contributed by atoms with Gasteiger partial charge >= 0.3 is 18.9 Å². The maximum absolute atomic E-state index is 2.12. The van der Waals surface area contributed by atoms with Crippen molar-refractivity contribution in [1.29, 1.82) is 0 Å². The van der Waals surface area contributed by atoms with E-state index in [-0.39, 0.29) is 30.2 Å². The normalized spacial score (nSPS) is 8.29. The van der Waals surface area contributed by atoms with Gasteiger partial charge in [0, 0.05) is 0 Å². The molecule has 14 heavy (non-hydrogen) atoms. The molecule has 0 heterocycles. The van der Waals surface area contributed by atoms with Crippen LogP contribution in [0.3, 0.4) is 0 Å². The summed E-state index contributed by atoms with van der Waals surface area (Å²) in [7, 11) is 0. The molecule has 0 N–H and O–H groups in total. The predicted molar refractivity (Wildman–Crippen MR) is 64.1 cm³/mol. The molecule has 0 aliphatic heterocycles. The molecule has 0 amide bonds. The summed E-state index contributed by atoms with van der Waals surface area (Å²) >= 11 is 0. The Morgan fingerprint density at radius 2 is 0.857 bits per heavy atom. The van der Waals surface area contributed by atoms with Crippen LogP contribution < -0.4 is 18.9 Å². The Balaban J connectivity index is 0. The van der Waals surface area contributed by atoms with Crippen LogP contribution in [-0.4, -0.2) is 0 Å². The number of benzene rings is 2. The SMILES string of the molecule is P.[H-].[Li+].c1ccc(-c2ccccc2)cc1. The Morgan fingerprint density at radius 3 is 1.14 bits per heavy atom. The van der Waals surface area contributed by atoms with E-state index in [0.29, 0.717) is 0 Å². The third-order valence-corrected chi connectivity index (χ3v) is 1.88. The monoisotopic (exact) mass is 196 g/mol. The first-order chi connectivity index (χ1) is 5.97. The third-order valence-electron chi connectivity index (χ3n) is 1.88. The predicted octanol–water partition coefficient (Wildman–Crippen LogP) is 0.528. The van der Waals surface area contributed by atoms with Crippen molar-refractivity contribution in [2.75, 3.05) is 0 Å². The minimum Gasteiger partial charge on any atom is -1.00 e. The molecule has 0 spiro atoms. The van der Waals surface area contributed by atoms with Gasteiger partial charge in [0.15, 0.2) is 0 Å². The zero-order valence-corrected chi connectivity index (χ0v) is 9.89. The van der Waals surface area contributed by atoms with Crippen molar-refractivity contribution < 1.29 is 20.3 Å². The number of hydrogen-bond acceptors (Lipinski definition) is 0. The standard InChI is InChI=1S/C12H10.Li.H3P.H/c1-3-7-11(8-4-1)12-9-5-2-6-10-12;;;/h1-10H;;1H3;/q;+1;;-1. The van der Waals surface area contributed by atoms with Crippen molar-refractivity contribution in [2.45, 2.75) is 0 Å². The smallest absolute Gasteiger partial charge is 1.00 e. The Labute approximate surface area is 102 Å². The van der Waals surface area contributed by atoms with Crippen LogP contribution in [0.2, 0.25) is 0 Å². The molecule has 2 aromatic carbocycles. The van der Waals surface area contributed by atoms with Crippen molar-refractivity contribution >= 4 is 9.90 Å². The van der Waals surface area contributed by atoms with Gasteiger partial charge in [0.05, 0.1) is 0 Å². The molecular weight excluding hydrogens is 182 g/mol. The Hall–Kier alpha value is -0.533. The number of hydrogen-bond donors (Lipinski definition) is 0. The summed E-state index contributed by atoms with van der Waals surface area (Å²) in [5.41, 5.74) is 2.55. The fourth-order valence-corrected chi connectivity index (χ4v) is 1.26. The average Bonchev–Trinajstić information content (AvgIpc) is 2.21. The molecule has 0 aromatic heterocycles. The van der Waals surface area contributed by atoms with Gasteiger partial charge in [-0.2, -0.15) is 9.90 Å². The molecule has 0 saturated heterocycles. The third kappa shape index (κ3) is 3.32. The van der Waals surface area contributed by atoms with Crippen molar-refractivity contribution in [3.8, 4) is 11.1 Å². The quantitative estimate of drug-likeness (QED) is 0.461.